The summed E-state index contributed by atoms with van der Waals surface area (Å²) >= 11 is 0. The fraction of sp³-hybridized carbons (Fsp3) is 0.700. The minimum Gasteiger partial charge on any atom is -0.508 e. The smallest absolute Gasteiger partial charge is 0.115 e. The molecule has 0 saturated heterocycles. The van der Waals surface area contributed by atoms with Gasteiger partial charge in [-0.15, -0.1) is 0 Å². The Balaban J connectivity index is 0. The van der Waals surface area contributed by atoms with E-state index in [2.05, 4.69) is 27.7 Å². The van der Waals surface area contributed by atoms with Crippen molar-refractivity contribution in [3.63, 3.8) is 0 Å². The van der Waals surface area contributed by atoms with Crippen LogP contribution in [0, 0.1) is 11.8 Å². The molecule has 0 aliphatic carbocycles. The molecule has 0 fully saturated rings. The monoisotopic (exact) mass is 326 g/mol. The van der Waals surface area contributed by atoms with Crippen molar-refractivity contribution >= 4 is 0 Å². The Morgan fingerprint density at radius 3 is 1.74 bits per heavy atom. The van der Waals surface area contributed by atoms with E-state index in [9.17, 15) is 0 Å². The summed E-state index contributed by atoms with van der Waals surface area (Å²) in [6, 6.07) is 8.71. The second kappa shape index (κ2) is 19.0. The average Bonchev–Trinajstić information content (AvgIpc) is 2.58. The average molecular weight is 327 g/mol. The van der Waals surface area contributed by atoms with Crippen molar-refractivity contribution in [2.45, 2.75) is 66.2 Å². The standard InChI is InChI=1S/C8H18O.C6H6O.C6H14O/c1-3-5-6-8(4-2)7-9;7-6-4-2-1-3-5-6;1-3-4-6(2)5-7/h8-9H,3-7H2,1-2H3;1-5,7H;6-7H,3-5H2,1-2H3. The van der Waals surface area contributed by atoms with Crippen molar-refractivity contribution in [1.82, 2.24) is 0 Å². The Morgan fingerprint density at radius 1 is 0.870 bits per heavy atom. The van der Waals surface area contributed by atoms with Crippen LogP contribution in [-0.2, 0) is 0 Å². The van der Waals surface area contributed by atoms with Crippen LogP contribution in [0.2, 0.25) is 0 Å². The van der Waals surface area contributed by atoms with Crippen LogP contribution in [0.1, 0.15) is 66.2 Å². The third-order valence-corrected chi connectivity index (χ3v) is 3.65. The molecule has 1 aromatic rings. The van der Waals surface area contributed by atoms with Crippen LogP contribution in [0.5, 0.6) is 5.75 Å². The lowest BCUT2D eigenvalue weighted by Gasteiger charge is -2.08. The zero-order chi connectivity index (χ0) is 17.9. The van der Waals surface area contributed by atoms with Gasteiger partial charge in [0.25, 0.3) is 0 Å². The largest absolute Gasteiger partial charge is 0.508 e. The molecule has 23 heavy (non-hydrogen) atoms. The number of hydrogen-bond donors (Lipinski definition) is 3. The van der Waals surface area contributed by atoms with Crippen molar-refractivity contribution in [2.24, 2.45) is 11.8 Å². The summed E-state index contributed by atoms with van der Waals surface area (Å²) in [7, 11) is 0. The Kier molecular flexibility index (Phi) is 20.0. The molecule has 0 aliphatic rings. The first-order chi connectivity index (χ1) is 11.0. The van der Waals surface area contributed by atoms with Crippen LogP contribution in [0.4, 0.5) is 0 Å². The highest BCUT2D eigenvalue weighted by atomic mass is 16.3. The number of aromatic hydroxyl groups is 1. The molecule has 3 heteroatoms. The summed E-state index contributed by atoms with van der Waals surface area (Å²) < 4.78 is 0. The Hall–Kier alpha value is -1.06. The van der Waals surface area contributed by atoms with E-state index in [4.69, 9.17) is 15.3 Å². The van der Waals surface area contributed by atoms with Gasteiger partial charge in [0.05, 0.1) is 0 Å². The van der Waals surface area contributed by atoms with Gasteiger partial charge in [0.2, 0.25) is 0 Å². The molecule has 0 heterocycles. The zero-order valence-corrected chi connectivity index (χ0v) is 15.5. The fourth-order valence-electron chi connectivity index (χ4n) is 1.93. The van der Waals surface area contributed by atoms with Gasteiger partial charge in [-0.1, -0.05) is 71.6 Å². The predicted octanol–water partition coefficient (Wildman–Crippen LogP) is 5.00. The Morgan fingerprint density at radius 2 is 1.48 bits per heavy atom. The predicted molar refractivity (Wildman–Crippen MR) is 99.7 cm³/mol. The molecular formula is C20H38O3. The summed E-state index contributed by atoms with van der Waals surface area (Å²) in [5, 5.41) is 25.9. The van der Waals surface area contributed by atoms with Crippen LogP contribution in [0.3, 0.4) is 0 Å². The van der Waals surface area contributed by atoms with Gasteiger partial charge in [0.1, 0.15) is 5.75 Å². The minimum absolute atomic E-state index is 0.322. The molecule has 0 aromatic heterocycles. The normalized spacial score (nSPS) is 12.3. The van der Waals surface area contributed by atoms with Crippen LogP contribution < -0.4 is 0 Å². The van der Waals surface area contributed by atoms with Gasteiger partial charge >= 0.3 is 0 Å². The molecule has 0 aliphatic heterocycles. The van der Waals surface area contributed by atoms with E-state index in [0.29, 0.717) is 30.8 Å². The summed E-state index contributed by atoms with van der Waals surface area (Å²) in [5.74, 6) is 1.39. The third kappa shape index (κ3) is 18.9. The van der Waals surface area contributed by atoms with Gasteiger partial charge < -0.3 is 15.3 Å². The molecule has 3 N–H and O–H groups in total. The molecule has 3 nitrogen and oxygen atoms in total. The molecule has 0 amide bonds. The molecule has 136 valence electrons. The van der Waals surface area contributed by atoms with Crippen LogP contribution in [-0.4, -0.2) is 28.5 Å². The maximum Gasteiger partial charge on any atom is 0.115 e. The third-order valence-electron chi connectivity index (χ3n) is 3.65. The first kappa shape index (κ1) is 24.2. The maximum atomic E-state index is 8.75. The van der Waals surface area contributed by atoms with Gasteiger partial charge in [0.15, 0.2) is 0 Å². The van der Waals surface area contributed by atoms with Crippen LogP contribution in [0.15, 0.2) is 30.3 Å². The number of unbranched alkanes of at least 4 members (excludes halogenated alkanes) is 1. The maximum absolute atomic E-state index is 8.75. The van der Waals surface area contributed by atoms with E-state index in [1.54, 1.807) is 24.3 Å². The van der Waals surface area contributed by atoms with Crippen molar-refractivity contribution in [1.29, 1.82) is 0 Å². The highest BCUT2D eigenvalue weighted by Gasteiger charge is 2.01. The molecule has 0 bridgehead atoms. The van der Waals surface area contributed by atoms with Crippen molar-refractivity contribution in [3.8, 4) is 5.75 Å². The number of rotatable bonds is 8. The minimum atomic E-state index is 0.322. The summed E-state index contributed by atoms with van der Waals surface area (Å²) in [6.07, 6.45) is 7.16. The van der Waals surface area contributed by atoms with Crippen LogP contribution in [0.25, 0.3) is 0 Å². The molecule has 2 atom stereocenters. The fourth-order valence-corrected chi connectivity index (χ4v) is 1.93. The molecule has 1 rings (SSSR count). The van der Waals surface area contributed by atoms with Gasteiger partial charge in [-0.05, 0) is 36.8 Å². The van der Waals surface area contributed by atoms with Gasteiger partial charge in [-0.3, -0.25) is 0 Å². The molecule has 0 saturated carbocycles. The SMILES string of the molecule is CCCC(C)CO.CCCCC(CC)CO.Oc1ccccc1. The van der Waals surface area contributed by atoms with Gasteiger partial charge in [-0.25, -0.2) is 0 Å². The highest BCUT2D eigenvalue weighted by molar-refractivity contribution is 5.18. The lowest BCUT2D eigenvalue weighted by Crippen LogP contribution is -2.03. The first-order valence-electron chi connectivity index (χ1n) is 9.01. The highest BCUT2D eigenvalue weighted by Crippen LogP contribution is 2.10. The first-order valence-corrected chi connectivity index (χ1v) is 9.01. The van der Waals surface area contributed by atoms with E-state index in [-0.39, 0.29) is 0 Å². The Labute approximate surface area is 143 Å². The van der Waals surface area contributed by atoms with Gasteiger partial charge in [0, 0.05) is 13.2 Å². The topological polar surface area (TPSA) is 60.7 Å². The van der Waals surface area contributed by atoms with Crippen molar-refractivity contribution in [2.75, 3.05) is 13.2 Å². The second-order valence-electron chi connectivity index (χ2n) is 6.01. The van der Waals surface area contributed by atoms with Gasteiger partial charge in [-0.2, -0.15) is 0 Å². The number of aliphatic hydroxyl groups excluding tert-OH is 2. The summed E-state index contributed by atoms with van der Waals surface area (Å²) in [5.41, 5.74) is 0. The number of phenols is 1. The van der Waals surface area contributed by atoms with E-state index >= 15 is 0 Å². The number of para-hydroxylation sites is 1. The van der Waals surface area contributed by atoms with E-state index < -0.39 is 0 Å². The van der Waals surface area contributed by atoms with Crippen molar-refractivity contribution < 1.29 is 15.3 Å². The second-order valence-corrected chi connectivity index (χ2v) is 6.01. The number of phenolic OH excluding ortho intramolecular Hbond substituents is 1. The zero-order valence-electron chi connectivity index (χ0n) is 15.5. The number of benzene rings is 1. The summed E-state index contributed by atoms with van der Waals surface area (Å²) in [4.78, 5) is 0. The van der Waals surface area contributed by atoms with Crippen molar-refractivity contribution in [3.05, 3.63) is 30.3 Å². The molecule has 2 unspecified atom stereocenters. The molecule has 0 radical (unpaired) electrons. The number of aliphatic hydroxyl groups is 2. The molecular weight excluding hydrogens is 288 g/mol. The number of hydrogen-bond acceptors (Lipinski definition) is 3. The van der Waals surface area contributed by atoms with E-state index in [0.717, 1.165) is 12.8 Å². The van der Waals surface area contributed by atoms with Crippen LogP contribution >= 0.6 is 0 Å². The van der Waals surface area contributed by atoms with E-state index in [1.165, 1.54) is 25.7 Å². The molecule has 0 spiro atoms. The summed E-state index contributed by atoms with van der Waals surface area (Å²) in [6.45, 7) is 9.22. The van der Waals surface area contributed by atoms with E-state index in [1.807, 2.05) is 6.07 Å². The lowest BCUT2D eigenvalue weighted by atomic mass is 10.0. The lowest BCUT2D eigenvalue weighted by molar-refractivity contribution is 0.212. The Bertz CT molecular complexity index is 310. The molecule has 1 aromatic carbocycles. The quantitative estimate of drug-likeness (QED) is 0.630.